The zero-order valence-electron chi connectivity index (χ0n) is 11.6. The predicted octanol–water partition coefficient (Wildman–Crippen LogP) is 1.35. The molecule has 0 aromatic carbocycles. The van der Waals surface area contributed by atoms with Crippen LogP contribution in [0.4, 0.5) is 0 Å². The molecule has 1 aliphatic heterocycles. The highest BCUT2D eigenvalue weighted by Crippen LogP contribution is 2.17. The largest absolute Gasteiger partial charge is 0.347 e. The summed E-state index contributed by atoms with van der Waals surface area (Å²) in [6.07, 6.45) is 4.60. The van der Waals surface area contributed by atoms with Gasteiger partial charge in [-0.25, -0.2) is 4.98 Å². The highest BCUT2D eigenvalue weighted by atomic mass is 32.1. The van der Waals surface area contributed by atoms with Gasteiger partial charge in [-0.05, 0) is 31.3 Å². The SMILES string of the molecule is CCc1nnsc1C(=O)NC1CCc2nc(C)cn2C1. The van der Waals surface area contributed by atoms with Gasteiger partial charge in [-0.2, -0.15) is 0 Å². The fourth-order valence-electron chi connectivity index (χ4n) is 2.57. The number of hydrogen-bond donors (Lipinski definition) is 1. The summed E-state index contributed by atoms with van der Waals surface area (Å²) in [6.45, 7) is 4.76. The van der Waals surface area contributed by atoms with Crippen LogP contribution in [0.2, 0.25) is 0 Å². The lowest BCUT2D eigenvalue weighted by atomic mass is 10.1. The Balaban J connectivity index is 1.69. The van der Waals surface area contributed by atoms with Gasteiger partial charge in [0.25, 0.3) is 5.91 Å². The lowest BCUT2D eigenvalue weighted by Gasteiger charge is -2.24. The lowest BCUT2D eigenvalue weighted by molar-refractivity contribution is 0.0930. The first kappa shape index (κ1) is 13.2. The van der Waals surface area contributed by atoms with Gasteiger partial charge in [0, 0.05) is 25.2 Å². The van der Waals surface area contributed by atoms with Gasteiger partial charge in [-0.1, -0.05) is 11.4 Å². The number of amides is 1. The van der Waals surface area contributed by atoms with E-state index in [1.54, 1.807) is 0 Å². The number of aromatic nitrogens is 4. The molecule has 1 atom stereocenters. The maximum atomic E-state index is 12.3. The molecule has 106 valence electrons. The summed E-state index contributed by atoms with van der Waals surface area (Å²) < 4.78 is 6.00. The zero-order valence-corrected chi connectivity index (χ0v) is 12.4. The molecule has 0 radical (unpaired) electrons. The second-order valence-corrected chi connectivity index (χ2v) is 5.82. The monoisotopic (exact) mass is 291 g/mol. The van der Waals surface area contributed by atoms with E-state index in [0.717, 1.165) is 43.0 Å². The number of nitrogens with one attached hydrogen (secondary N) is 1. The van der Waals surface area contributed by atoms with Crippen molar-refractivity contribution >= 4 is 17.4 Å². The Labute approximate surface area is 121 Å². The molecule has 0 fully saturated rings. The minimum atomic E-state index is -0.0536. The van der Waals surface area contributed by atoms with E-state index in [1.165, 1.54) is 11.5 Å². The minimum Gasteiger partial charge on any atom is -0.347 e. The van der Waals surface area contributed by atoms with E-state index >= 15 is 0 Å². The Kier molecular flexibility index (Phi) is 3.52. The smallest absolute Gasteiger partial charge is 0.265 e. The van der Waals surface area contributed by atoms with Gasteiger partial charge in [0.1, 0.15) is 10.7 Å². The van der Waals surface area contributed by atoms with Crippen LogP contribution < -0.4 is 5.32 Å². The van der Waals surface area contributed by atoms with Crippen LogP contribution in [0.5, 0.6) is 0 Å². The van der Waals surface area contributed by atoms with Crippen LogP contribution in [0.25, 0.3) is 0 Å². The molecule has 0 saturated heterocycles. The summed E-state index contributed by atoms with van der Waals surface area (Å²) >= 11 is 1.17. The average Bonchev–Trinajstić information content (AvgIpc) is 3.02. The normalized spacial score (nSPS) is 17.8. The van der Waals surface area contributed by atoms with Gasteiger partial charge in [0.2, 0.25) is 0 Å². The Hall–Kier alpha value is -1.76. The molecular weight excluding hydrogens is 274 g/mol. The molecular formula is C13H17N5OS. The van der Waals surface area contributed by atoms with Crippen molar-refractivity contribution in [2.45, 2.75) is 45.7 Å². The van der Waals surface area contributed by atoms with E-state index in [2.05, 4.69) is 24.5 Å². The first-order valence-electron chi connectivity index (χ1n) is 6.82. The number of imidazole rings is 1. The van der Waals surface area contributed by atoms with Crippen LogP contribution in [-0.2, 0) is 19.4 Å². The van der Waals surface area contributed by atoms with Crippen molar-refractivity contribution in [3.63, 3.8) is 0 Å². The third-order valence-electron chi connectivity index (χ3n) is 3.55. The molecule has 0 spiro atoms. The van der Waals surface area contributed by atoms with Gasteiger partial charge >= 0.3 is 0 Å². The molecule has 0 aliphatic carbocycles. The number of carbonyl (C=O) groups is 1. The van der Waals surface area contributed by atoms with Crippen molar-refractivity contribution in [2.75, 3.05) is 0 Å². The quantitative estimate of drug-likeness (QED) is 0.926. The first-order chi connectivity index (χ1) is 9.67. The van der Waals surface area contributed by atoms with E-state index in [-0.39, 0.29) is 11.9 Å². The fraction of sp³-hybridized carbons (Fsp3) is 0.538. The van der Waals surface area contributed by atoms with E-state index in [9.17, 15) is 4.79 Å². The molecule has 0 bridgehead atoms. The van der Waals surface area contributed by atoms with E-state index < -0.39 is 0 Å². The standard InChI is InChI=1S/C13H17N5OS/c1-3-10-12(20-17-16-10)13(19)15-9-4-5-11-14-8(2)6-18(11)7-9/h6,9H,3-5,7H2,1-2H3,(H,15,19). The molecule has 7 heteroatoms. The summed E-state index contributed by atoms with van der Waals surface area (Å²) in [5, 5.41) is 7.07. The van der Waals surface area contributed by atoms with Crippen LogP contribution in [0, 0.1) is 6.92 Å². The van der Waals surface area contributed by atoms with Crippen molar-refractivity contribution < 1.29 is 4.79 Å². The number of fused-ring (bicyclic) bond motifs is 1. The maximum Gasteiger partial charge on any atom is 0.265 e. The van der Waals surface area contributed by atoms with Gasteiger partial charge in [-0.15, -0.1) is 5.10 Å². The van der Waals surface area contributed by atoms with E-state index in [1.807, 2.05) is 20.0 Å². The van der Waals surface area contributed by atoms with Crippen LogP contribution in [0.3, 0.4) is 0 Å². The molecule has 1 aliphatic rings. The van der Waals surface area contributed by atoms with E-state index in [0.29, 0.717) is 4.88 Å². The predicted molar refractivity (Wildman–Crippen MR) is 75.8 cm³/mol. The average molecular weight is 291 g/mol. The molecule has 20 heavy (non-hydrogen) atoms. The number of rotatable bonds is 3. The molecule has 2 aromatic rings. The van der Waals surface area contributed by atoms with Crippen LogP contribution >= 0.6 is 11.5 Å². The van der Waals surface area contributed by atoms with Crippen molar-refractivity contribution in [1.82, 2.24) is 24.5 Å². The van der Waals surface area contributed by atoms with Crippen LogP contribution in [-0.4, -0.2) is 31.1 Å². The summed E-state index contributed by atoms with van der Waals surface area (Å²) in [7, 11) is 0. The molecule has 3 rings (SSSR count). The van der Waals surface area contributed by atoms with Gasteiger partial charge < -0.3 is 9.88 Å². The zero-order chi connectivity index (χ0) is 14.1. The van der Waals surface area contributed by atoms with Crippen molar-refractivity contribution in [3.8, 4) is 0 Å². The van der Waals surface area contributed by atoms with Gasteiger partial charge in [0.15, 0.2) is 0 Å². The number of hydrogen-bond acceptors (Lipinski definition) is 5. The molecule has 1 unspecified atom stereocenters. The van der Waals surface area contributed by atoms with Crippen LogP contribution in [0.1, 0.15) is 40.2 Å². The van der Waals surface area contributed by atoms with Crippen molar-refractivity contribution in [1.29, 1.82) is 0 Å². The summed E-state index contributed by atoms with van der Waals surface area (Å²) in [5.41, 5.74) is 1.81. The Morgan fingerprint density at radius 3 is 3.25 bits per heavy atom. The molecule has 0 saturated carbocycles. The molecule has 6 nitrogen and oxygen atoms in total. The Bertz CT molecular complexity index is 632. The Morgan fingerprint density at radius 2 is 2.45 bits per heavy atom. The first-order valence-corrected chi connectivity index (χ1v) is 7.59. The third-order valence-corrected chi connectivity index (χ3v) is 4.31. The maximum absolute atomic E-state index is 12.3. The highest BCUT2D eigenvalue weighted by Gasteiger charge is 2.23. The second kappa shape index (κ2) is 5.32. The second-order valence-electron chi connectivity index (χ2n) is 5.06. The summed E-state index contributed by atoms with van der Waals surface area (Å²) in [5.74, 6) is 1.06. The number of nitrogens with zero attached hydrogens (tertiary/aromatic N) is 4. The van der Waals surface area contributed by atoms with Gasteiger partial charge in [0.05, 0.1) is 11.4 Å². The Morgan fingerprint density at radius 1 is 1.60 bits per heavy atom. The van der Waals surface area contributed by atoms with Crippen molar-refractivity contribution in [2.24, 2.45) is 0 Å². The molecule has 1 N–H and O–H groups in total. The number of carbonyl (C=O) groups excluding carboxylic acids is 1. The van der Waals surface area contributed by atoms with E-state index in [4.69, 9.17) is 0 Å². The molecule has 3 heterocycles. The lowest BCUT2D eigenvalue weighted by Crippen LogP contribution is -2.40. The van der Waals surface area contributed by atoms with Gasteiger partial charge in [-0.3, -0.25) is 4.79 Å². The molecule has 2 aromatic heterocycles. The highest BCUT2D eigenvalue weighted by molar-refractivity contribution is 7.08. The fourth-order valence-corrected chi connectivity index (χ4v) is 3.22. The summed E-state index contributed by atoms with van der Waals surface area (Å²) in [4.78, 5) is 17.4. The topological polar surface area (TPSA) is 72.7 Å². The van der Waals surface area contributed by atoms with Crippen molar-refractivity contribution in [3.05, 3.63) is 28.3 Å². The molecule has 1 amide bonds. The summed E-state index contributed by atoms with van der Waals surface area (Å²) in [6, 6.07) is 0.149. The van der Waals surface area contributed by atoms with Crippen LogP contribution in [0.15, 0.2) is 6.20 Å². The number of aryl methyl sites for hydroxylation is 3. The third kappa shape index (κ3) is 2.45. The minimum absolute atomic E-state index is 0.0536.